The van der Waals surface area contributed by atoms with Gasteiger partial charge in [-0.2, -0.15) is 13.2 Å². The number of hydrogen-bond donors (Lipinski definition) is 1. The van der Waals surface area contributed by atoms with E-state index in [4.69, 9.17) is 0 Å². The van der Waals surface area contributed by atoms with Crippen LogP contribution in [-0.2, 0) is 9.53 Å². The summed E-state index contributed by atoms with van der Waals surface area (Å²) in [5.74, 6) is -1.04. The molecule has 1 N–H and O–H groups in total. The zero-order valence-electron chi connectivity index (χ0n) is 8.68. The van der Waals surface area contributed by atoms with Gasteiger partial charge in [0.25, 0.3) is 0 Å². The summed E-state index contributed by atoms with van der Waals surface area (Å²) in [6.07, 6.45) is -6.28. The van der Waals surface area contributed by atoms with Gasteiger partial charge in [-0.25, -0.2) is 0 Å². The van der Waals surface area contributed by atoms with E-state index in [1.54, 1.807) is 0 Å². The van der Waals surface area contributed by atoms with Gasteiger partial charge in [0.1, 0.15) is 0 Å². The van der Waals surface area contributed by atoms with E-state index < -0.39 is 35.7 Å². The van der Waals surface area contributed by atoms with Gasteiger partial charge in [0.05, 0.1) is 11.7 Å². The molecule has 0 unspecified atom stereocenters. The maximum absolute atomic E-state index is 12.5. The van der Waals surface area contributed by atoms with Crippen molar-refractivity contribution in [2.75, 3.05) is 0 Å². The van der Waals surface area contributed by atoms with Crippen LogP contribution in [0.1, 0.15) is 27.2 Å². The maximum atomic E-state index is 12.5. The van der Waals surface area contributed by atoms with Gasteiger partial charge in [0.15, 0.2) is 5.78 Å². The van der Waals surface area contributed by atoms with Crippen molar-refractivity contribution in [1.82, 2.24) is 0 Å². The molecule has 1 rings (SSSR count). The lowest BCUT2D eigenvalue weighted by molar-refractivity contribution is -0.266. The highest BCUT2D eigenvalue weighted by atomic mass is 19.4. The third kappa shape index (κ3) is 2.01. The first-order valence-electron chi connectivity index (χ1n) is 4.48. The minimum Gasteiger partial charge on any atom is -0.388 e. The van der Waals surface area contributed by atoms with Crippen molar-refractivity contribution in [1.29, 1.82) is 0 Å². The summed E-state index contributed by atoms with van der Waals surface area (Å²) in [4.78, 5) is 11.2. The van der Waals surface area contributed by atoms with Crippen LogP contribution in [0.3, 0.4) is 0 Å². The van der Waals surface area contributed by atoms with Gasteiger partial charge in [0, 0.05) is 6.42 Å². The molecule has 2 atom stereocenters. The van der Waals surface area contributed by atoms with E-state index in [-0.39, 0.29) is 0 Å². The fourth-order valence-corrected chi connectivity index (χ4v) is 1.37. The largest absolute Gasteiger partial charge is 0.424 e. The van der Waals surface area contributed by atoms with Crippen molar-refractivity contribution in [2.45, 2.75) is 50.7 Å². The zero-order chi connectivity index (χ0) is 12.1. The Morgan fingerprint density at radius 3 is 2.13 bits per heavy atom. The third-order valence-corrected chi connectivity index (χ3v) is 2.61. The predicted molar refractivity (Wildman–Crippen MR) is 45.3 cm³/mol. The molecule has 1 aliphatic heterocycles. The van der Waals surface area contributed by atoms with Crippen LogP contribution in [0.2, 0.25) is 0 Å². The quantitative estimate of drug-likeness (QED) is 0.735. The van der Waals surface area contributed by atoms with Crippen LogP contribution in [0.25, 0.3) is 0 Å². The molecule has 0 aromatic heterocycles. The number of rotatable bonds is 1. The number of alkyl halides is 3. The van der Waals surface area contributed by atoms with Crippen LogP contribution in [0.4, 0.5) is 13.2 Å². The highest BCUT2D eigenvalue weighted by Crippen LogP contribution is 2.42. The van der Waals surface area contributed by atoms with E-state index in [0.29, 0.717) is 6.92 Å². The summed E-state index contributed by atoms with van der Waals surface area (Å²) in [5.41, 5.74) is -4.24. The highest BCUT2D eigenvalue weighted by Gasteiger charge is 2.63. The Balaban J connectivity index is 2.95. The van der Waals surface area contributed by atoms with E-state index in [1.807, 2.05) is 0 Å². The van der Waals surface area contributed by atoms with E-state index in [0.717, 1.165) is 0 Å². The molecule has 88 valence electrons. The number of halogens is 3. The average molecular weight is 226 g/mol. The van der Waals surface area contributed by atoms with E-state index in [1.165, 1.54) is 13.8 Å². The predicted octanol–water partition coefficient (Wildman–Crippen LogP) is 1.44. The Morgan fingerprint density at radius 1 is 1.47 bits per heavy atom. The fourth-order valence-electron chi connectivity index (χ4n) is 1.37. The number of carbonyl (C=O) groups is 1. The van der Waals surface area contributed by atoms with Gasteiger partial charge in [0.2, 0.25) is 5.60 Å². The van der Waals surface area contributed by atoms with Gasteiger partial charge >= 0.3 is 6.18 Å². The molecule has 0 saturated carbocycles. The Bertz CT molecular complexity index is 279. The minimum atomic E-state index is -4.75. The van der Waals surface area contributed by atoms with Crippen molar-refractivity contribution < 1.29 is 27.8 Å². The summed E-state index contributed by atoms with van der Waals surface area (Å²) in [6.45, 7) is 3.32. The molecule has 1 fully saturated rings. The normalized spacial score (nSPS) is 33.5. The zero-order valence-corrected chi connectivity index (χ0v) is 8.68. The first-order chi connectivity index (χ1) is 6.48. The minimum absolute atomic E-state index is 0.417. The lowest BCUT2D eigenvalue weighted by atomic mass is 9.95. The van der Waals surface area contributed by atoms with Gasteiger partial charge in [-0.3, -0.25) is 4.79 Å². The molecule has 1 heterocycles. The van der Waals surface area contributed by atoms with Crippen LogP contribution < -0.4 is 0 Å². The standard InChI is InChI=1S/C9H13F3O3/c1-7(2,14)6-4-5(13)8(3,15-6)9(10,11)12/h6,14H,4H2,1-3H3/t6-,8+/m1/s1. The monoisotopic (exact) mass is 226 g/mol. The maximum Gasteiger partial charge on any atom is 0.424 e. The smallest absolute Gasteiger partial charge is 0.388 e. The molecule has 1 saturated heterocycles. The number of ether oxygens (including phenoxy) is 1. The van der Waals surface area contributed by atoms with Crippen molar-refractivity contribution in [3.8, 4) is 0 Å². The third-order valence-electron chi connectivity index (χ3n) is 2.61. The Kier molecular flexibility index (Phi) is 2.64. The molecule has 1 aliphatic rings. The summed E-state index contributed by atoms with van der Waals surface area (Å²) in [7, 11) is 0. The average Bonchev–Trinajstić information content (AvgIpc) is 2.27. The molecular formula is C9H13F3O3. The van der Waals surface area contributed by atoms with E-state index in [2.05, 4.69) is 4.74 Å². The van der Waals surface area contributed by atoms with Gasteiger partial charge in [-0.05, 0) is 20.8 Å². The fraction of sp³-hybridized carbons (Fsp3) is 0.889. The first kappa shape index (κ1) is 12.4. The van der Waals surface area contributed by atoms with E-state index in [9.17, 15) is 23.1 Å². The van der Waals surface area contributed by atoms with Crippen molar-refractivity contribution in [3.05, 3.63) is 0 Å². The van der Waals surface area contributed by atoms with Crippen LogP contribution in [0.5, 0.6) is 0 Å². The van der Waals surface area contributed by atoms with Gasteiger partial charge < -0.3 is 9.84 Å². The molecule has 0 spiro atoms. The highest BCUT2D eigenvalue weighted by molar-refractivity contribution is 5.90. The number of carbonyl (C=O) groups excluding carboxylic acids is 1. The van der Waals surface area contributed by atoms with E-state index >= 15 is 0 Å². The summed E-state index contributed by atoms with van der Waals surface area (Å²) >= 11 is 0. The summed E-state index contributed by atoms with van der Waals surface area (Å²) in [5, 5.41) is 9.49. The Morgan fingerprint density at radius 2 is 1.93 bits per heavy atom. The van der Waals surface area contributed by atoms with Crippen LogP contribution in [0.15, 0.2) is 0 Å². The molecule has 0 aliphatic carbocycles. The molecule has 0 aromatic rings. The molecular weight excluding hydrogens is 213 g/mol. The molecule has 0 amide bonds. The van der Waals surface area contributed by atoms with Gasteiger partial charge in [-0.1, -0.05) is 0 Å². The summed E-state index contributed by atoms with van der Waals surface area (Å²) < 4.78 is 42.3. The number of Topliss-reactive ketones (excluding diaryl/α,β-unsaturated/α-hetero) is 1. The first-order valence-corrected chi connectivity index (χ1v) is 4.48. The topological polar surface area (TPSA) is 46.5 Å². The second-order valence-electron chi connectivity index (χ2n) is 4.42. The lowest BCUT2D eigenvalue weighted by Gasteiger charge is -2.29. The molecule has 15 heavy (non-hydrogen) atoms. The molecule has 3 nitrogen and oxygen atoms in total. The molecule has 0 aromatic carbocycles. The summed E-state index contributed by atoms with van der Waals surface area (Å²) in [6, 6.07) is 0. The van der Waals surface area contributed by atoms with Crippen LogP contribution in [0, 0.1) is 0 Å². The number of hydrogen-bond acceptors (Lipinski definition) is 3. The second kappa shape index (κ2) is 3.18. The SMILES string of the molecule is CC(C)(O)[C@H]1CC(=O)[C@@](C)(C(F)(F)F)O1. The van der Waals surface area contributed by atoms with Crippen molar-refractivity contribution in [3.63, 3.8) is 0 Å². The number of aliphatic hydroxyl groups is 1. The molecule has 6 heteroatoms. The number of ketones is 1. The Hall–Kier alpha value is -0.620. The van der Waals surface area contributed by atoms with Crippen molar-refractivity contribution in [2.24, 2.45) is 0 Å². The van der Waals surface area contributed by atoms with Crippen molar-refractivity contribution >= 4 is 5.78 Å². The lowest BCUT2D eigenvalue weighted by Crippen LogP contribution is -2.49. The van der Waals surface area contributed by atoms with Crippen LogP contribution in [-0.4, -0.2) is 34.4 Å². The van der Waals surface area contributed by atoms with Crippen LogP contribution >= 0.6 is 0 Å². The second-order valence-corrected chi connectivity index (χ2v) is 4.42. The molecule has 0 radical (unpaired) electrons. The Labute approximate surface area is 85.2 Å². The van der Waals surface area contributed by atoms with Gasteiger partial charge in [-0.15, -0.1) is 0 Å². The molecule has 0 bridgehead atoms.